The molecule has 0 aromatic carbocycles. The summed E-state index contributed by atoms with van der Waals surface area (Å²) in [6, 6.07) is 1.77. The Kier molecular flexibility index (Phi) is 3.25. The highest BCUT2D eigenvalue weighted by molar-refractivity contribution is 9.10. The zero-order valence-corrected chi connectivity index (χ0v) is 11.8. The van der Waals surface area contributed by atoms with Crippen LogP contribution in [0.25, 0.3) is 10.9 Å². The topological polar surface area (TPSA) is 79.9 Å². The van der Waals surface area contributed by atoms with Gasteiger partial charge in [0, 0.05) is 6.20 Å². The van der Waals surface area contributed by atoms with Gasteiger partial charge in [-0.1, -0.05) is 0 Å². The number of ether oxygens (including phenoxy) is 1. The van der Waals surface area contributed by atoms with E-state index in [4.69, 9.17) is 4.74 Å². The smallest absolute Gasteiger partial charge is 0.413 e. The van der Waals surface area contributed by atoms with Gasteiger partial charge < -0.3 is 4.74 Å². The van der Waals surface area contributed by atoms with Gasteiger partial charge in [0.1, 0.15) is 10.2 Å². The summed E-state index contributed by atoms with van der Waals surface area (Å²) in [7, 11) is 0. The molecular formula is C11H13BrN4O2. The number of H-pyrrole nitrogens is 1. The van der Waals surface area contributed by atoms with E-state index in [0.717, 1.165) is 5.52 Å². The number of carbonyl (C=O) groups excluding carboxylic acids is 1. The fraction of sp³-hybridized carbons (Fsp3) is 0.364. The molecule has 2 aromatic heterocycles. The predicted octanol–water partition coefficient (Wildman–Crippen LogP) is 3.07. The Labute approximate surface area is 112 Å². The van der Waals surface area contributed by atoms with Gasteiger partial charge >= 0.3 is 6.09 Å². The van der Waals surface area contributed by atoms with Crippen molar-refractivity contribution in [2.24, 2.45) is 0 Å². The highest BCUT2D eigenvalue weighted by atomic mass is 79.9. The first-order valence-electron chi connectivity index (χ1n) is 5.35. The lowest BCUT2D eigenvalue weighted by Gasteiger charge is -2.19. The number of anilines is 1. The Morgan fingerprint density at radius 1 is 1.50 bits per heavy atom. The lowest BCUT2D eigenvalue weighted by molar-refractivity contribution is 0.0635. The zero-order valence-electron chi connectivity index (χ0n) is 10.2. The summed E-state index contributed by atoms with van der Waals surface area (Å²) in [6.07, 6.45) is 1.09. The van der Waals surface area contributed by atoms with Crippen LogP contribution in [0.5, 0.6) is 0 Å². The van der Waals surface area contributed by atoms with Crippen molar-refractivity contribution in [1.82, 2.24) is 15.2 Å². The molecule has 0 fully saturated rings. The second-order valence-electron chi connectivity index (χ2n) is 4.72. The quantitative estimate of drug-likeness (QED) is 0.793. The highest BCUT2D eigenvalue weighted by Gasteiger charge is 2.18. The fourth-order valence-electron chi connectivity index (χ4n) is 1.42. The molecule has 2 rings (SSSR count). The summed E-state index contributed by atoms with van der Waals surface area (Å²) in [4.78, 5) is 15.7. The molecule has 2 N–H and O–H groups in total. The lowest BCUT2D eigenvalue weighted by atomic mass is 10.2. The predicted molar refractivity (Wildman–Crippen MR) is 71.4 cm³/mol. The van der Waals surface area contributed by atoms with Crippen LogP contribution in [0.2, 0.25) is 0 Å². The molecule has 0 atom stereocenters. The summed E-state index contributed by atoms with van der Waals surface area (Å²) in [6.45, 7) is 5.39. The number of aromatic amines is 1. The van der Waals surface area contributed by atoms with Crippen molar-refractivity contribution in [3.8, 4) is 0 Å². The largest absolute Gasteiger partial charge is 0.444 e. The zero-order chi connectivity index (χ0) is 13.3. The first kappa shape index (κ1) is 12.8. The van der Waals surface area contributed by atoms with Crippen LogP contribution in [0.4, 0.5) is 10.6 Å². The minimum absolute atomic E-state index is 0.388. The number of nitrogens with zero attached hydrogens (tertiary/aromatic N) is 2. The molecule has 96 valence electrons. The third kappa shape index (κ3) is 2.79. The average Bonchev–Trinajstić information content (AvgIpc) is 2.59. The van der Waals surface area contributed by atoms with Gasteiger partial charge in [0.05, 0.1) is 10.9 Å². The van der Waals surface area contributed by atoms with Gasteiger partial charge in [0.2, 0.25) is 0 Å². The van der Waals surface area contributed by atoms with Crippen LogP contribution < -0.4 is 5.32 Å². The van der Waals surface area contributed by atoms with Gasteiger partial charge in [-0.25, -0.2) is 9.78 Å². The van der Waals surface area contributed by atoms with Crippen LogP contribution in [-0.4, -0.2) is 26.9 Å². The van der Waals surface area contributed by atoms with E-state index in [2.05, 4.69) is 36.4 Å². The molecular weight excluding hydrogens is 300 g/mol. The van der Waals surface area contributed by atoms with Crippen molar-refractivity contribution in [2.45, 2.75) is 26.4 Å². The number of rotatable bonds is 1. The van der Waals surface area contributed by atoms with E-state index in [0.29, 0.717) is 15.8 Å². The molecule has 18 heavy (non-hydrogen) atoms. The van der Waals surface area contributed by atoms with Crippen molar-refractivity contribution < 1.29 is 9.53 Å². The Morgan fingerprint density at radius 3 is 2.89 bits per heavy atom. The number of hydrogen-bond donors (Lipinski definition) is 2. The second kappa shape index (κ2) is 4.56. The van der Waals surface area contributed by atoms with Crippen molar-refractivity contribution in [3.63, 3.8) is 0 Å². The molecule has 0 saturated carbocycles. The average molecular weight is 313 g/mol. The summed E-state index contributed by atoms with van der Waals surface area (Å²) >= 11 is 3.31. The van der Waals surface area contributed by atoms with Crippen LogP contribution >= 0.6 is 15.9 Å². The Morgan fingerprint density at radius 2 is 2.22 bits per heavy atom. The van der Waals surface area contributed by atoms with E-state index in [9.17, 15) is 4.79 Å². The standard InChI is InChI=1S/C11H13BrN4O2/c1-11(2,3)18-10(17)14-9-7-6(15-16-9)4-5-13-8(7)12/h4-5H,1-3H3,(H2,14,15,16,17). The molecule has 0 spiro atoms. The molecule has 0 aliphatic heterocycles. The number of pyridine rings is 1. The van der Waals surface area contributed by atoms with Gasteiger partial charge in [0.15, 0.2) is 5.82 Å². The minimum Gasteiger partial charge on any atom is -0.444 e. The van der Waals surface area contributed by atoms with E-state index < -0.39 is 11.7 Å². The molecule has 0 bridgehead atoms. The van der Waals surface area contributed by atoms with Crippen molar-refractivity contribution in [2.75, 3.05) is 5.32 Å². The van der Waals surface area contributed by atoms with Gasteiger partial charge in [-0.3, -0.25) is 10.4 Å². The van der Waals surface area contributed by atoms with Crippen LogP contribution in [0, 0.1) is 0 Å². The van der Waals surface area contributed by atoms with E-state index in [1.807, 2.05) is 0 Å². The number of aromatic nitrogens is 3. The molecule has 6 nitrogen and oxygen atoms in total. The van der Waals surface area contributed by atoms with Gasteiger partial charge in [-0.05, 0) is 42.8 Å². The summed E-state index contributed by atoms with van der Waals surface area (Å²) < 4.78 is 5.77. The summed E-state index contributed by atoms with van der Waals surface area (Å²) in [5.41, 5.74) is 0.231. The van der Waals surface area contributed by atoms with Crippen LogP contribution in [0.1, 0.15) is 20.8 Å². The third-order valence-corrected chi connectivity index (χ3v) is 2.65. The molecule has 0 radical (unpaired) electrons. The summed E-state index contributed by atoms with van der Waals surface area (Å²) in [5, 5.41) is 10.1. The van der Waals surface area contributed by atoms with Gasteiger partial charge in [-0.15, -0.1) is 0 Å². The van der Waals surface area contributed by atoms with Crippen molar-refractivity contribution >= 4 is 38.7 Å². The number of halogens is 1. The molecule has 2 aromatic rings. The van der Waals surface area contributed by atoms with Crippen LogP contribution in [0.15, 0.2) is 16.9 Å². The second-order valence-corrected chi connectivity index (χ2v) is 5.47. The van der Waals surface area contributed by atoms with Crippen molar-refractivity contribution in [3.05, 3.63) is 16.9 Å². The maximum atomic E-state index is 11.7. The van der Waals surface area contributed by atoms with E-state index in [1.54, 1.807) is 33.0 Å². The van der Waals surface area contributed by atoms with E-state index in [-0.39, 0.29) is 0 Å². The maximum absolute atomic E-state index is 11.7. The third-order valence-electron chi connectivity index (χ3n) is 2.05. The Balaban J connectivity index is 2.25. The first-order valence-corrected chi connectivity index (χ1v) is 6.15. The number of fused-ring (bicyclic) bond motifs is 1. The molecule has 1 amide bonds. The molecule has 0 saturated heterocycles. The number of amides is 1. The number of nitrogens with one attached hydrogen (secondary N) is 2. The maximum Gasteiger partial charge on any atom is 0.413 e. The van der Waals surface area contributed by atoms with Crippen LogP contribution in [-0.2, 0) is 4.74 Å². The highest BCUT2D eigenvalue weighted by Crippen LogP contribution is 2.26. The van der Waals surface area contributed by atoms with Crippen molar-refractivity contribution in [1.29, 1.82) is 0 Å². The molecule has 7 heteroatoms. The number of hydrogen-bond acceptors (Lipinski definition) is 4. The first-order chi connectivity index (χ1) is 8.37. The van der Waals surface area contributed by atoms with Gasteiger partial charge in [-0.2, -0.15) is 5.10 Å². The van der Waals surface area contributed by atoms with E-state index >= 15 is 0 Å². The SMILES string of the molecule is CC(C)(C)OC(=O)Nc1n[nH]c2ccnc(Br)c12. The molecule has 2 heterocycles. The van der Waals surface area contributed by atoms with Gasteiger partial charge in [0.25, 0.3) is 0 Å². The monoisotopic (exact) mass is 312 g/mol. The Hall–Kier alpha value is -1.63. The lowest BCUT2D eigenvalue weighted by Crippen LogP contribution is -2.27. The normalized spacial score (nSPS) is 11.6. The number of carbonyl (C=O) groups is 1. The molecule has 0 aliphatic carbocycles. The molecule has 0 aliphatic rings. The Bertz CT molecular complexity index is 588. The fourth-order valence-corrected chi connectivity index (χ4v) is 1.94. The van der Waals surface area contributed by atoms with E-state index in [1.165, 1.54) is 0 Å². The van der Waals surface area contributed by atoms with Crippen LogP contribution in [0.3, 0.4) is 0 Å². The molecule has 0 unspecified atom stereocenters. The minimum atomic E-state index is -0.550. The summed E-state index contributed by atoms with van der Waals surface area (Å²) in [5.74, 6) is 0.388.